The monoisotopic (exact) mass is 463 g/mol. The summed E-state index contributed by atoms with van der Waals surface area (Å²) < 4.78 is 5.47. The van der Waals surface area contributed by atoms with Gasteiger partial charge in [-0.25, -0.2) is 9.78 Å². The van der Waals surface area contributed by atoms with Crippen LogP contribution < -0.4 is 5.32 Å². The first-order valence-electron chi connectivity index (χ1n) is 11.8. The highest BCUT2D eigenvalue weighted by Crippen LogP contribution is 2.54. The molecule has 2 fully saturated rings. The molecule has 0 spiro atoms. The number of hydrogen-bond acceptors (Lipinski definition) is 5. The van der Waals surface area contributed by atoms with Gasteiger partial charge in [-0.2, -0.15) is 0 Å². The van der Waals surface area contributed by atoms with E-state index in [0.717, 1.165) is 11.1 Å². The van der Waals surface area contributed by atoms with Crippen molar-refractivity contribution < 1.29 is 19.1 Å². The van der Waals surface area contributed by atoms with Crippen molar-refractivity contribution in [3.63, 3.8) is 0 Å². The fourth-order valence-electron chi connectivity index (χ4n) is 4.87. The molecule has 1 aromatic carbocycles. The van der Waals surface area contributed by atoms with Gasteiger partial charge in [0.15, 0.2) is 5.78 Å². The molecule has 1 aromatic heterocycles. The van der Waals surface area contributed by atoms with Crippen LogP contribution >= 0.6 is 0 Å². The minimum Gasteiger partial charge on any atom is -0.444 e. The van der Waals surface area contributed by atoms with Crippen molar-refractivity contribution >= 4 is 17.8 Å². The number of nitrogens with zero attached hydrogens (tertiary/aromatic N) is 2. The zero-order valence-corrected chi connectivity index (χ0v) is 20.6. The van der Waals surface area contributed by atoms with Crippen LogP contribution in [0.4, 0.5) is 4.79 Å². The van der Waals surface area contributed by atoms with Gasteiger partial charge in [0.2, 0.25) is 0 Å². The van der Waals surface area contributed by atoms with Crippen molar-refractivity contribution in [1.29, 1.82) is 0 Å². The molecule has 34 heavy (non-hydrogen) atoms. The molecule has 2 aromatic rings. The number of likely N-dealkylation sites (tertiary alicyclic amines) is 1. The number of Topliss-reactive ketones (excluding diaryl/α,β-unsaturated/α-hetero) is 1. The summed E-state index contributed by atoms with van der Waals surface area (Å²) in [5, 5.41) is 2.60. The lowest BCUT2D eigenvalue weighted by Crippen LogP contribution is -2.37. The maximum absolute atomic E-state index is 13.2. The van der Waals surface area contributed by atoms with Crippen molar-refractivity contribution in [1.82, 2.24) is 15.2 Å². The zero-order valence-electron chi connectivity index (χ0n) is 20.6. The predicted molar refractivity (Wildman–Crippen MR) is 129 cm³/mol. The molecule has 0 bridgehead atoms. The number of ketones is 1. The predicted octanol–water partition coefficient (Wildman–Crippen LogP) is 4.03. The number of ether oxygens (including phenoxy) is 1. The van der Waals surface area contributed by atoms with Crippen molar-refractivity contribution in [2.24, 2.45) is 17.8 Å². The molecule has 1 saturated carbocycles. The van der Waals surface area contributed by atoms with Gasteiger partial charge in [0, 0.05) is 44.2 Å². The summed E-state index contributed by atoms with van der Waals surface area (Å²) in [7, 11) is 1.56. The molecule has 7 nitrogen and oxygen atoms in total. The third kappa shape index (κ3) is 5.46. The van der Waals surface area contributed by atoms with E-state index in [1.807, 2.05) is 52.0 Å². The van der Waals surface area contributed by atoms with E-state index in [9.17, 15) is 14.4 Å². The molecule has 0 radical (unpaired) electrons. The fraction of sp³-hybridized carbons (Fsp3) is 0.481. The Kier molecular flexibility index (Phi) is 6.47. The number of aryl methyl sites for hydroxylation is 1. The zero-order chi connectivity index (χ0) is 24.6. The van der Waals surface area contributed by atoms with E-state index in [1.54, 1.807) is 18.0 Å². The van der Waals surface area contributed by atoms with E-state index in [-0.39, 0.29) is 29.4 Å². The molecule has 7 heteroatoms. The number of pyridine rings is 1. The summed E-state index contributed by atoms with van der Waals surface area (Å²) in [4.78, 5) is 44.0. The Hall–Kier alpha value is -3.22. The van der Waals surface area contributed by atoms with Crippen LogP contribution in [0.15, 0.2) is 36.4 Å². The summed E-state index contributed by atoms with van der Waals surface area (Å²) in [6, 6.07) is 11.5. The lowest BCUT2D eigenvalue weighted by atomic mass is 10.00. The van der Waals surface area contributed by atoms with Gasteiger partial charge in [0.25, 0.3) is 5.91 Å². The van der Waals surface area contributed by atoms with Gasteiger partial charge in [-0.3, -0.25) is 9.59 Å². The average Bonchev–Trinajstić information content (AvgIpc) is 3.18. The van der Waals surface area contributed by atoms with Gasteiger partial charge in [0.1, 0.15) is 11.3 Å². The van der Waals surface area contributed by atoms with Gasteiger partial charge in [-0.15, -0.1) is 0 Å². The molecule has 4 rings (SSSR count). The molecule has 1 N–H and O–H groups in total. The maximum Gasteiger partial charge on any atom is 0.410 e. The van der Waals surface area contributed by atoms with Crippen molar-refractivity contribution in [2.75, 3.05) is 20.1 Å². The average molecular weight is 464 g/mol. The number of fused-ring (bicyclic) bond motifs is 1. The molecule has 1 unspecified atom stereocenters. The summed E-state index contributed by atoms with van der Waals surface area (Å²) in [6.45, 7) is 8.88. The second kappa shape index (κ2) is 9.20. The Balaban J connectivity index is 1.43. The van der Waals surface area contributed by atoms with Gasteiger partial charge >= 0.3 is 6.09 Å². The summed E-state index contributed by atoms with van der Waals surface area (Å²) >= 11 is 0. The quantitative estimate of drug-likeness (QED) is 0.654. The third-order valence-electron chi connectivity index (χ3n) is 6.57. The van der Waals surface area contributed by atoms with Gasteiger partial charge in [-0.05, 0) is 63.1 Å². The number of hydrogen-bond donors (Lipinski definition) is 1. The molecule has 1 aliphatic heterocycles. The van der Waals surface area contributed by atoms with E-state index in [2.05, 4.69) is 16.4 Å². The Morgan fingerprint density at radius 1 is 1.12 bits per heavy atom. The van der Waals surface area contributed by atoms with E-state index in [1.165, 1.54) is 0 Å². The maximum atomic E-state index is 13.2. The highest BCUT2D eigenvalue weighted by atomic mass is 16.6. The Labute approximate surface area is 200 Å². The van der Waals surface area contributed by atoms with Crippen LogP contribution in [-0.4, -0.2) is 53.4 Å². The van der Waals surface area contributed by atoms with Crippen LogP contribution in [0.5, 0.6) is 0 Å². The fourth-order valence-corrected chi connectivity index (χ4v) is 4.87. The number of benzene rings is 1. The van der Waals surface area contributed by atoms with Crippen LogP contribution in [0, 0.1) is 24.7 Å². The first kappa shape index (κ1) is 23.9. The van der Waals surface area contributed by atoms with Gasteiger partial charge in [-0.1, -0.05) is 29.8 Å². The summed E-state index contributed by atoms with van der Waals surface area (Å²) in [5.41, 5.74) is 3.19. The number of amides is 2. The Morgan fingerprint density at radius 3 is 2.44 bits per heavy atom. The molecule has 1 aliphatic carbocycles. The number of nitrogens with one attached hydrogen (secondary N) is 1. The van der Waals surface area contributed by atoms with Gasteiger partial charge in [0.05, 0.1) is 0 Å². The normalized spacial score (nSPS) is 21.1. The van der Waals surface area contributed by atoms with Crippen LogP contribution in [0.3, 0.4) is 0 Å². The standard InChI is InChI=1S/C27H33N3O4/c1-16-7-6-8-17(9-16)10-19-11-18(12-23(29-19)25(32)28-5)24(31)13-20-21-14-30(15-22(20)21)26(33)34-27(2,3)4/h6-9,11-12,20-22H,10,13-15H2,1-5H3,(H,28,32)/t20?,21-,22+. The van der Waals surface area contributed by atoms with E-state index in [4.69, 9.17) is 4.74 Å². The minimum absolute atomic E-state index is 0.0151. The third-order valence-corrected chi connectivity index (χ3v) is 6.57. The second-order valence-corrected chi connectivity index (χ2v) is 10.5. The second-order valence-electron chi connectivity index (χ2n) is 10.5. The largest absolute Gasteiger partial charge is 0.444 e. The highest BCUT2D eigenvalue weighted by molar-refractivity contribution is 6.00. The summed E-state index contributed by atoms with van der Waals surface area (Å²) in [5.74, 6) is 0.646. The van der Waals surface area contributed by atoms with Crippen molar-refractivity contribution in [3.8, 4) is 0 Å². The van der Waals surface area contributed by atoms with E-state index in [0.29, 0.717) is 49.0 Å². The highest BCUT2D eigenvalue weighted by Gasteiger charge is 2.57. The van der Waals surface area contributed by atoms with Gasteiger partial charge < -0.3 is 15.0 Å². The number of piperidine rings is 1. The van der Waals surface area contributed by atoms with Crippen LogP contribution in [0.1, 0.15) is 64.9 Å². The van der Waals surface area contributed by atoms with E-state index >= 15 is 0 Å². The molecular formula is C27H33N3O4. The minimum atomic E-state index is -0.515. The molecular weight excluding hydrogens is 430 g/mol. The summed E-state index contributed by atoms with van der Waals surface area (Å²) in [6.07, 6.45) is 0.681. The van der Waals surface area contributed by atoms with Crippen molar-refractivity contribution in [2.45, 2.75) is 46.1 Å². The number of carbonyl (C=O) groups is 3. The lowest BCUT2D eigenvalue weighted by Gasteiger charge is -2.25. The molecule has 2 aliphatic rings. The topological polar surface area (TPSA) is 88.6 Å². The molecule has 3 atom stereocenters. The lowest BCUT2D eigenvalue weighted by molar-refractivity contribution is 0.0265. The van der Waals surface area contributed by atoms with Crippen LogP contribution in [-0.2, 0) is 11.2 Å². The Morgan fingerprint density at radius 2 is 1.82 bits per heavy atom. The van der Waals surface area contributed by atoms with Crippen molar-refractivity contribution in [3.05, 3.63) is 64.5 Å². The first-order valence-corrected chi connectivity index (χ1v) is 11.8. The number of aromatic nitrogens is 1. The number of carbonyl (C=O) groups excluding carboxylic acids is 3. The molecule has 2 heterocycles. The Bertz CT molecular complexity index is 1110. The smallest absolute Gasteiger partial charge is 0.410 e. The molecule has 1 saturated heterocycles. The number of rotatable bonds is 6. The molecule has 180 valence electrons. The van der Waals surface area contributed by atoms with E-state index < -0.39 is 5.60 Å². The first-order chi connectivity index (χ1) is 16.0. The SMILES string of the molecule is CNC(=O)c1cc(C(=O)CC2[C@H]3CN(C(=O)OC(C)(C)C)C[C@@H]23)cc(Cc2cccc(C)c2)n1. The molecule has 2 amide bonds. The van der Waals surface area contributed by atoms with Crippen LogP contribution in [0.2, 0.25) is 0 Å². The van der Waals surface area contributed by atoms with Crippen LogP contribution in [0.25, 0.3) is 0 Å².